The molecule has 0 saturated heterocycles. The van der Waals surface area contributed by atoms with Gasteiger partial charge >= 0.3 is 0 Å². The van der Waals surface area contributed by atoms with Crippen molar-refractivity contribution in [2.45, 2.75) is 39.5 Å². The number of carboxylic acid groups (broad SMARTS) is 1. The third-order valence-corrected chi connectivity index (χ3v) is 2.48. The third-order valence-electron chi connectivity index (χ3n) is 2.48. The third kappa shape index (κ3) is 8.03. The molecule has 16 heavy (non-hydrogen) atoms. The van der Waals surface area contributed by atoms with Gasteiger partial charge in [0.2, 0.25) is 5.91 Å². The SMILES string of the molecule is CCCC[C@@H](CC)CNC(=O)C=CC(=O)[O-]. The lowest BCUT2D eigenvalue weighted by molar-refractivity contribution is -0.297. The Labute approximate surface area is 96.7 Å². The van der Waals surface area contributed by atoms with E-state index in [0.717, 1.165) is 37.8 Å². The van der Waals surface area contributed by atoms with Crippen LogP contribution in [-0.2, 0) is 9.59 Å². The summed E-state index contributed by atoms with van der Waals surface area (Å²) in [5.74, 6) is -1.26. The second-order valence-electron chi connectivity index (χ2n) is 3.81. The number of carbonyl (C=O) groups is 2. The van der Waals surface area contributed by atoms with Gasteiger partial charge in [-0.25, -0.2) is 0 Å². The minimum Gasteiger partial charge on any atom is -0.545 e. The molecule has 0 aliphatic heterocycles. The summed E-state index contributed by atoms with van der Waals surface area (Å²) in [6, 6.07) is 0. The van der Waals surface area contributed by atoms with Gasteiger partial charge in [-0.1, -0.05) is 33.1 Å². The summed E-state index contributed by atoms with van der Waals surface area (Å²) in [7, 11) is 0. The van der Waals surface area contributed by atoms with Crippen molar-refractivity contribution in [3.05, 3.63) is 12.2 Å². The zero-order valence-corrected chi connectivity index (χ0v) is 9.99. The number of aliphatic carboxylic acids is 1. The van der Waals surface area contributed by atoms with Gasteiger partial charge in [0.25, 0.3) is 0 Å². The largest absolute Gasteiger partial charge is 0.545 e. The molecule has 1 N–H and O–H groups in total. The van der Waals surface area contributed by atoms with Crippen LogP contribution in [0.2, 0.25) is 0 Å². The molecule has 0 unspecified atom stereocenters. The van der Waals surface area contributed by atoms with Gasteiger partial charge in [-0.05, 0) is 18.4 Å². The second kappa shape index (κ2) is 8.95. The molecule has 0 radical (unpaired) electrons. The summed E-state index contributed by atoms with van der Waals surface area (Å²) < 4.78 is 0. The molecule has 0 heterocycles. The first-order chi connectivity index (χ1) is 7.60. The molecular weight excluding hydrogens is 206 g/mol. The monoisotopic (exact) mass is 226 g/mol. The van der Waals surface area contributed by atoms with Crippen molar-refractivity contribution < 1.29 is 14.7 Å². The highest BCUT2D eigenvalue weighted by Crippen LogP contribution is 2.10. The predicted octanol–water partition coefficient (Wildman–Crippen LogP) is 0.625. The first-order valence-corrected chi connectivity index (χ1v) is 5.77. The topological polar surface area (TPSA) is 69.2 Å². The van der Waals surface area contributed by atoms with E-state index < -0.39 is 5.97 Å². The Bertz CT molecular complexity index is 249. The highest BCUT2D eigenvalue weighted by atomic mass is 16.4. The minimum absolute atomic E-state index is 0.376. The van der Waals surface area contributed by atoms with E-state index in [2.05, 4.69) is 19.2 Å². The zero-order chi connectivity index (χ0) is 12.4. The maximum Gasteiger partial charge on any atom is 0.244 e. The van der Waals surface area contributed by atoms with Crippen LogP contribution in [0.25, 0.3) is 0 Å². The van der Waals surface area contributed by atoms with Crippen LogP contribution >= 0.6 is 0 Å². The molecular formula is C12H20NO3-. The molecule has 0 aromatic heterocycles. The van der Waals surface area contributed by atoms with E-state index in [1.807, 2.05) is 0 Å². The van der Waals surface area contributed by atoms with Crippen molar-refractivity contribution in [1.82, 2.24) is 5.32 Å². The van der Waals surface area contributed by atoms with E-state index in [-0.39, 0.29) is 5.91 Å². The Balaban J connectivity index is 3.83. The molecule has 0 saturated carbocycles. The summed E-state index contributed by atoms with van der Waals surface area (Å²) in [5.41, 5.74) is 0. The van der Waals surface area contributed by atoms with Gasteiger partial charge in [0.15, 0.2) is 0 Å². The van der Waals surface area contributed by atoms with Crippen LogP contribution in [0, 0.1) is 5.92 Å². The van der Waals surface area contributed by atoms with E-state index in [1.165, 1.54) is 0 Å². The zero-order valence-electron chi connectivity index (χ0n) is 9.99. The lowest BCUT2D eigenvalue weighted by Gasteiger charge is -2.14. The Hall–Kier alpha value is -1.32. The summed E-state index contributed by atoms with van der Waals surface area (Å²) in [6.45, 7) is 4.82. The van der Waals surface area contributed by atoms with Crippen molar-refractivity contribution in [1.29, 1.82) is 0 Å². The highest BCUT2D eigenvalue weighted by Gasteiger charge is 2.06. The molecule has 4 heteroatoms. The molecule has 0 spiro atoms. The number of carbonyl (C=O) groups excluding carboxylic acids is 2. The fourth-order valence-electron chi connectivity index (χ4n) is 1.39. The summed E-state index contributed by atoms with van der Waals surface area (Å²) in [5, 5.41) is 12.7. The van der Waals surface area contributed by atoms with Crippen LogP contribution in [0.1, 0.15) is 39.5 Å². The molecule has 1 amide bonds. The van der Waals surface area contributed by atoms with Crippen LogP contribution in [-0.4, -0.2) is 18.4 Å². The number of amides is 1. The molecule has 0 rings (SSSR count). The average molecular weight is 226 g/mol. The van der Waals surface area contributed by atoms with E-state index in [4.69, 9.17) is 0 Å². The first-order valence-electron chi connectivity index (χ1n) is 5.77. The fraction of sp³-hybridized carbons (Fsp3) is 0.667. The lowest BCUT2D eigenvalue weighted by atomic mass is 9.99. The Kier molecular flexibility index (Phi) is 8.21. The smallest absolute Gasteiger partial charge is 0.244 e. The van der Waals surface area contributed by atoms with E-state index in [0.29, 0.717) is 12.5 Å². The summed E-state index contributed by atoms with van der Waals surface area (Å²) >= 11 is 0. The molecule has 0 aliphatic carbocycles. The molecule has 0 aliphatic rings. The molecule has 0 aromatic carbocycles. The van der Waals surface area contributed by atoms with Crippen LogP contribution in [0.3, 0.4) is 0 Å². The minimum atomic E-state index is -1.35. The van der Waals surface area contributed by atoms with Crippen molar-refractivity contribution in [3.8, 4) is 0 Å². The Morgan fingerprint density at radius 1 is 1.31 bits per heavy atom. The number of hydrogen-bond acceptors (Lipinski definition) is 3. The quantitative estimate of drug-likeness (QED) is 0.617. The van der Waals surface area contributed by atoms with Gasteiger partial charge in [0, 0.05) is 12.6 Å². The molecule has 0 bridgehead atoms. The standard InChI is InChI=1S/C12H21NO3/c1-3-5-6-10(4-2)9-13-11(14)7-8-12(15)16/h7-8,10H,3-6,9H2,1-2H3,(H,13,14)(H,15,16)/p-1/t10-/m1/s1. The molecule has 1 atom stereocenters. The van der Waals surface area contributed by atoms with Crippen LogP contribution in [0.5, 0.6) is 0 Å². The molecule has 92 valence electrons. The van der Waals surface area contributed by atoms with Gasteiger partial charge in [0.1, 0.15) is 0 Å². The maximum absolute atomic E-state index is 11.2. The lowest BCUT2D eigenvalue weighted by Crippen LogP contribution is -2.28. The second-order valence-corrected chi connectivity index (χ2v) is 3.81. The molecule has 0 fully saturated rings. The van der Waals surface area contributed by atoms with Crippen molar-refractivity contribution in [2.24, 2.45) is 5.92 Å². The highest BCUT2D eigenvalue weighted by molar-refractivity contribution is 5.93. The summed E-state index contributed by atoms with van der Waals surface area (Å²) in [4.78, 5) is 21.2. The van der Waals surface area contributed by atoms with Crippen molar-refractivity contribution in [2.75, 3.05) is 6.54 Å². The number of rotatable bonds is 8. The van der Waals surface area contributed by atoms with Gasteiger partial charge in [-0.3, -0.25) is 4.79 Å². The van der Waals surface area contributed by atoms with Gasteiger partial charge < -0.3 is 15.2 Å². The van der Waals surface area contributed by atoms with Crippen molar-refractivity contribution in [3.63, 3.8) is 0 Å². The first kappa shape index (κ1) is 14.7. The van der Waals surface area contributed by atoms with Crippen molar-refractivity contribution >= 4 is 11.9 Å². The van der Waals surface area contributed by atoms with Gasteiger partial charge in [-0.15, -0.1) is 0 Å². The normalized spacial score (nSPS) is 12.6. The van der Waals surface area contributed by atoms with Gasteiger partial charge in [-0.2, -0.15) is 0 Å². The maximum atomic E-state index is 11.2. The van der Waals surface area contributed by atoms with E-state index in [1.54, 1.807) is 0 Å². The molecule has 4 nitrogen and oxygen atoms in total. The number of carboxylic acids is 1. The summed E-state index contributed by atoms with van der Waals surface area (Å²) in [6.07, 6.45) is 6.14. The van der Waals surface area contributed by atoms with E-state index in [9.17, 15) is 14.7 Å². The van der Waals surface area contributed by atoms with Crippen LogP contribution in [0.4, 0.5) is 0 Å². The number of unbranched alkanes of at least 4 members (excludes halogenated alkanes) is 1. The Morgan fingerprint density at radius 2 is 2.00 bits per heavy atom. The predicted molar refractivity (Wildman–Crippen MR) is 60.5 cm³/mol. The Morgan fingerprint density at radius 3 is 2.50 bits per heavy atom. The number of hydrogen-bond donors (Lipinski definition) is 1. The van der Waals surface area contributed by atoms with E-state index >= 15 is 0 Å². The van der Waals surface area contributed by atoms with Crippen LogP contribution in [0.15, 0.2) is 12.2 Å². The van der Waals surface area contributed by atoms with Gasteiger partial charge in [0.05, 0.1) is 5.97 Å². The number of nitrogens with one attached hydrogen (secondary N) is 1. The fourth-order valence-corrected chi connectivity index (χ4v) is 1.39. The molecule has 0 aromatic rings. The average Bonchev–Trinajstić information content (AvgIpc) is 2.26. The van der Waals surface area contributed by atoms with Crippen LogP contribution < -0.4 is 10.4 Å².